The molecule has 2 N–H and O–H groups in total. The van der Waals surface area contributed by atoms with Crippen LogP contribution in [0.4, 0.5) is 5.69 Å². The van der Waals surface area contributed by atoms with Gasteiger partial charge < -0.3 is 5.32 Å². The van der Waals surface area contributed by atoms with Crippen molar-refractivity contribution in [3.8, 4) is 11.3 Å². The number of hydrogen-bond donors (Lipinski definition) is 2. The number of pyridine rings is 1. The number of nitrogens with zero attached hydrogens (tertiary/aromatic N) is 2. The predicted octanol–water partition coefficient (Wildman–Crippen LogP) is 3.85. The zero-order chi connectivity index (χ0) is 13.8. The Labute approximate surface area is 125 Å². The molecule has 2 heterocycles. The fourth-order valence-electron chi connectivity index (χ4n) is 2.00. The minimum atomic E-state index is 0.698. The molecule has 0 aliphatic rings. The van der Waals surface area contributed by atoms with E-state index < -0.39 is 0 Å². The average Bonchev–Trinajstić information content (AvgIpc) is 2.96. The lowest BCUT2D eigenvalue weighted by Crippen LogP contribution is -2.00. The van der Waals surface area contributed by atoms with Gasteiger partial charge in [0, 0.05) is 40.2 Å². The van der Waals surface area contributed by atoms with Crippen LogP contribution in [0.3, 0.4) is 0 Å². The van der Waals surface area contributed by atoms with Gasteiger partial charge in [-0.2, -0.15) is 5.10 Å². The lowest BCUT2D eigenvalue weighted by atomic mass is 10.1. The summed E-state index contributed by atoms with van der Waals surface area (Å²) in [6.07, 6.45) is 5.43. The maximum Gasteiger partial charge on any atom is 0.0715 e. The highest BCUT2D eigenvalue weighted by atomic mass is 79.9. The molecule has 0 aliphatic carbocycles. The summed E-state index contributed by atoms with van der Waals surface area (Å²) in [4.78, 5) is 4.14. The molecule has 0 unspecified atom stereocenters. The van der Waals surface area contributed by atoms with Crippen LogP contribution in [-0.4, -0.2) is 15.2 Å². The van der Waals surface area contributed by atoms with Crippen molar-refractivity contribution in [2.45, 2.75) is 6.54 Å². The van der Waals surface area contributed by atoms with E-state index >= 15 is 0 Å². The van der Waals surface area contributed by atoms with Gasteiger partial charge in [-0.3, -0.25) is 10.1 Å². The Morgan fingerprint density at radius 3 is 2.80 bits per heavy atom. The van der Waals surface area contributed by atoms with Gasteiger partial charge in [-0.1, -0.05) is 12.1 Å². The fourth-order valence-corrected chi connectivity index (χ4v) is 2.43. The van der Waals surface area contributed by atoms with E-state index in [0.29, 0.717) is 6.54 Å². The summed E-state index contributed by atoms with van der Waals surface area (Å²) in [5.74, 6) is 0. The molecule has 0 bridgehead atoms. The van der Waals surface area contributed by atoms with E-state index in [1.54, 1.807) is 6.20 Å². The largest absolute Gasteiger partial charge is 0.380 e. The Balaban J connectivity index is 1.80. The van der Waals surface area contributed by atoms with Crippen LogP contribution >= 0.6 is 15.9 Å². The maximum absolute atomic E-state index is 4.14. The first-order valence-electron chi connectivity index (χ1n) is 6.25. The van der Waals surface area contributed by atoms with Gasteiger partial charge in [0.2, 0.25) is 0 Å². The second kappa shape index (κ2) is 5.88. The van der Waals surface area contributed by atoms with E-state index in [4.69, 9.17) is 0 Å². The van der Waals surface area contributed by atoms with Crippen molar-refractivity contribution in [3.63, 3.8) is 0 Å². The van der Waals surface area contributed by atoms with Crippen molar-refractivity contribution in [1.82, 2.24) is 15.2 Å². The first-order chi connectivity index (χ1) is 9.84. The summed E-state index contributed by atoms with van der Waals surface area (Å²) in [5, 5.41) is 10.6. The summed E-state index contributed by atoms with van der Waals surface area (Å²) >= 11 is 3.53. The number of nitrogens with one attached hydrogen (secondary N) is 2. The standard InChI is InChI=1S/C15H13BrN4/c16-13-5-1-2-6-14(13)18-9-12-10-19-20-15(12)11-4-3-7-17-8-11/h1-8,10,18H,9H2,(H,19,20). The van der Waals surface area contributed by atoms with Gasteiger partial charge in [-0.05, 0) is 40.2 Å². The summed E-state index contributed by atoms with van der Waals surface area (Å²) in [5.41, 5.74) is 4.20. The lowest BCUT2D eigenvalue weighted by Gasteiger charge is -2.08. The second-order valence-electron chi connectivity index (χ2n) is 4.35. The van der Waals surface area contributed by atoms with Gasteiger partial charge in [0.15, 0.2) is 0 Å². The second-order valence-corrected chi connectivity index (χ2v) is 5.20. The Kier molecular flexibility index (Phi) is 3.78. The molecule has 0 fully saturated rings. The molecule has 100 valence electrons. The topological polar surface area (TPSA) is 53.6 Å². The Hall–Kier alpha value is -2.14. The summed E-state index contributed by atoms with van der Waals surface area (Å²) in [6, 6.07) is 12.0. The van der Waals surface area contributed by atoms with Crippen LogP contribution in [0.25, 0.3) is 11.3 Å². The number of anilines is 1. The predicted molar refractivity (Wildman–Crippen MR) is 83.3 cm³/mol. The van der Waals surface area contributed by atoms with E-state index in [1.807, 2.05) is 48.8 Å². The van der Waals surface area contributed by atoms with Crippen molar-refractivity contribution in [2.75, 3.05) is 5.32 Å². The fraction of sp³-hybridized carbons (Fsp3) is 0.0667. The quantitative estimate of drug-likeness (QED) is 0.764. The van der Waals surface area contributed by atoms with Crippen molar-refractivity contribution in [3.05, 3.63) is 65.0 Å². The molecule has 0 saturated carbocycles. The molecule has 4 nitrogen and oxygen atoms in total. The molecule has 5 heteroatoms. The molecular formula is C15H13BrN4. The Morgan fingerprint density at radius 1 is 1.10 bits per heavy atom. The molecule has 3 rings (SSSR count). The van der Waals surface area contributed by atoms with Crippen LogP contribution in [0, 0.1) is 0 Å². The summed E-state index contributed by atoms with van der Waals surface area (Å²) in [6.45, 7) is 0.698. The van der Waals surface area contributed by atoms with Gasteiger partial charge >= 0.3 is 0 Å². The van der Waals surface area contributed by atoms with E-state index in [2.05, 4.69) is 36.4 Å². The summed E-state index contributed by atoms with van der Waals surface area (Å²) < 4.78 is 1.05. The molecule has 1 aromatic carbocycles. The van der Waals surface area contributed by atoms with Gasteiger partial charge in [0.25, 0.3) is 0 Å². The van der Waals surface area contributed by atoms with Crippen LogP contribution in [0.1, 0.15) is 5.56 Å². The molecule has 0 radical (unpaired) electrons. The zero-order valence-electron chi connectivity index (χ0n) is 10.7. The third kappa shape index (κ3) is 2.72. The van der Waals surface area contributed by atoms with Gasteiger partial charge in [-0.25, -0.2) is 0 Å². The number of rotatable bonds is 4. The highest BCUT2D eigenvalue weighted by Crippen LogP contribution is 2.24. The number of benzene rings is 1. The highest BCUT2D eigenvalue weighted by Gasteiger charge is 2.08. The number of H-pyrrole nitrogens is 1. The van der Waals surface area contributed by atoms with E-state index in [9.17, 15) is 0 Å². The molecule has 0 atom stereocenters. The molecule has 0 aliphatic heterocycles. The van der Waals surface area contributed by atoms with Crippen LogP contribution in [0.2, 0.25) is 0 Å². The van der Waals surface area contributed by atoms with Gasteiger partial charge in [0.05, 0.1) is 11.9 Å². The third-order valence-electron chi connectivity index (χ3n) is 3.01. The van der Waals surface area contributed by atoms with Crippen LogP contribution in [0.5, 0.6) is 0 Å². The first-order valence-corrected chi connectivity index (χ1v) is 7.05. The van der Waals surface area contributed by atoms with Crippen molar-refractivity contribution in [2.24, 2.45) is 0 Å². The van der Waals surface area contributed by atoms with Gasteiger partial charge in [0.1, 0.15) is 0 Å². The first kappa shape index (κ1) is 12.9. The van der Waals surface area contributed by atoms with Crippen molar-refractivity contribution < 1.29 is 0 Å². The molecule has 3 aromatic rings. The van der Waals surface area contributed by atoms with Crippen LogP contribution in [-0.2, 0) is 6.54 Å². The number of aromatic amines is 1. The van der Waals surface area contributed by atoms with E-state index in [1.165, 1.54) is 0 Å². The van der Waals surface area contributed by atoms with Crippen LogP contribution < -0.4 is 5.32 Å². The molecule has 0 saturated heterocycles. The minimum absolute atomic E-state index is 0.698. The minimum Gasteiger partial charge on any atom is -0.380 e. The summed E-state index contributed by atoms with van der Waals surface area (Å²) in [7, 11) is 0. The monoisotopic (exact) mass is 328 g/mol. The Morgan fingerprint density at radius 2 is 2.00 bits per heavy atom. The van der Waals surface area contributed by atoms with E-state index in [-0.39, 0.29) is 0 Å². The van der Waals surface area contributed by atoms with Crippen molar-refractivity contribution >= 4 is 21.6 Å². The maximum atomic E-state index is 4.14. The Bertz CT molecular complexity index is 694. The number of aromatic nitrogens is 3. The number of para-hydroxylation sites is 1. The zero-order valence-corrected chi connectivity index (χ0v) is 12.3. The number of hydrogen-bond acceptors (Lipinski definition) is 3. The molecule has 0 spiro atoms. The SMILES string of the molecule is Brc1ccccc1NCc1cn[nH]c1-c1cccnc1. The van der Waals surface area contributed by atoms with Crippen molar-refractivity contribution in [1.29, 1.82) is 0 Å². The highest BCUT2D eigenvalue weighted by molar-refractivity contribution is 9.10. The normalized spacial score (nSPS) is 10.4. The van der Waals surface area contributed by atoms with Gasteiger partial charge in [-0.15, -0.1) is 0 Å². The molecule has 20 heavy (non-hydrogen) atoms. The third-order valence-corrected chi connectivity index (χ3v) is 3.70. The van der Waals surface area contributed by atoms with Crippen LogP contribution in [0.15, 0.2) is 59.5 Å². The molecular weight excluding hydrogens is 316 g/mol. The smallest absolute Gasteiger partial charge is 0.0715 e. The van der Waals surface area contributed by atoms with E-state index in [0.717, 1.165) is 27.0 Å². The molecule has 2 aromatic heterocycles. The number of halogens is 1. The lowest BCUT2D eigenvalue weighted by molar-refractivity contribution is 1.09. The average molecular weight is 329 g/mol. The molecule has 0 amide bonds.